The van der Waals surface area contributed by atoms with Gasteiger partial charge in [-0.25, -0.2) is 14.2 Å². The van der Waals surface area contributed by atoms with Crippen LogP contribution in [0.4, 0.5) is 10.2 Å². The van der Waals surface area contributed by atoms with E-state index in [1.807, 2.05) is 0 Å². The first-order chi connectivity index (χ1) is 9.99. The van der Waals surface area contributed by atoms with Crippen LogP contribution in [0.25, 0.3) is 0 Å². The van der Waals surface area contributed by atoms with Crippen molar-refractivity contribution in [2.75, 3.05) is 11.4 Å². The summed E-state index contributed by atoms with van der Waals surface area (Å²) in [5.74, 6) is -0.782. The largest absolute Gasteiger partial charge is 0.478 e. The number of halogens is 1. The lowest BCUT2D eigenvalue weighted by Gasteiger charge is -2.31. The number of hydrogen-bond donors (Lipinski definition) is 1. The smallest absolute Gasteiger partial charge is 0.339 e. The molecule has 1 fully saturated rings. The first kappa shape index (κ1) is 15.7. The van der Waals surface area contributed by atoms with Gasteiger partial charge in [-0.1, -0.05) is 26.7 Å². The molecule has 0 aromatic carbocycles. The predicted octanol–water partition coefficient (Wildman–Crippen LogP) is 3.71. The van der Waals surface area contributed by atoms with Crippen molar-refractivity contribution < 1.29 is 14.3 Å². The highest BCUT2D eigenvalue weighted by Gasteiger charge is 2.27. The zero-order valence-corrected chi connectivity index (χ0v) is 12.7. The molecule has 0 atom stereocenters. The maximum Gasteiger partial charge on any atom is 0.339 e. The van der Waals surface area contributed by atoms with Gasteiger partial charge >= 0.3 is 5.97 Å². The Labute approximate surface area is 125 Å². The molecule has 0 unspecified atom stereocenters. The van der Waals surface area contributed by atoms with Crippen LogP contribution in [0, 0.1) is 11.7 Å². The van der Waals surface area contributed by atoms with Crippen LogP contribution in [0.3, 0.4) is 0 Å². The number of carboxylic acid groups (broad SMARTS) is 1. The lowest BCUT2D eigenvalue weighted by atomic mass is 10.1. The first-order valence-electron chi connectivity index (χ1n) is 7.64. The molecule has 1 N–H and O–H groups in total. The molecule has 0 saturated heterocycles. The van der Waals surface area contributed by atoms with Gasteiger partial charge in [0, 0.05) is 12.6 Å². The summed E-state index contributed by atoms with van der Waals surface area (Å²) in [4.78, 5) is 17.6. The maximum atomic E-state index is 13.3. The van der Waals surface area contributed by atoms with Gasteiger partial charge in [-0.2, -0.15) is 0 Å². The van der Waals surface area contributed by atoms with Crippen LogP contribution < -0.4 is 4.90 Å². The minimum Gasteiger partial charge on any atom is -0.478 e. The molecule has 1 aliphatic carbocycles. The molecular formula is C16H23FN2O2. The van der Waals surface area contributed by atoms with Crippen molar-refractivity contribution in [3.63, 3.8) is 0 Å². The third-order valence-electron chi connectivity index (χ3n) is 4.05. The fraction of sp³-hybridized carbons (Fsp3) is 0.625. The van der Waals surface area contributed by atoms with Gasteiger partial charge in [0.25, 0.3) is 0 Å². The number of anilines is 1. The zero-order valence-electron chi connectivity index (χ0n) is 12.7. The molecule has 4 nitrogen and oxygen atoms in total. The molecule has 5 heteroatoms. The van der Waals surface area contributed by atoms with E-state index in [1.54, 1.807) is 0 Å². The Morgan fingerprint density at radius 1 is 1.48 bits per heavy atom. The third-order valence-corrected chi connectivity index (χ3v) is 4.05. The van der Waals surface area contributed by atoms with Crippen LogP contribution >= 0.6 is 0 Å². The van der Waals surface area contributed by atoms with E-state index >= 15 is 0 Å². The number of rotatable bonds is 6. The van der Waals surface area contributed by atoms with E-state index in [0.717, 1.165) is 50.9 Å². The van der Waals surface area contributed by atoms with Crippen LogP contribution in [-0.2, 0) is 0 Å². The summed E-state index contributed by atoms with van der Waals surface area (Å²) < 4.78 is 13.3. The van der Waals surface area contributed by atoms with Crippen molar-refractivity contribution in [3.8, 4) is 0 Å². The lowest BCUT2D eigenvalue weighted by molar-refractivity contribution is 0.0696. The molecule has 116 valence electrons. The van der Waals surface area contributed by atoms with Crippen molar-refractivity contribution in [2.24, 2.45) is 5.92 Å². The maximum absolute atomic E-state index is 13.3. The van der Waals surface area contributed by atoms with Crippen molar-refractivity contribution >= 4 is 11.8 Å². The Morgan fingerprint density at radius 2 is 2.14 bits per heavy atom. The lowest BCUT2D eigenvalue weighted by Crippen LogP contribution is -2.36. The summed E-state index contributed by atoms with van der Waals surface area (Å²) in [6.45, 7) is 5.05. The second-order valence-corrected chi connectivity index (χ2v) is 6.14. The van der Waals surface area contributed by atoms with E-state index in [2.05, 4.69) is 23.7 Å². The van der Waals surface area contributed by atoms with E-state index < -0.39 is 11.8 Å². The molecule has 1 aromatic heterocycles. The van der Waals surface area contributed by atoms with Crippen molar-refractivity contribution in [1.29, 1.82) is 0 Å². The number of carbonyl (C=O) groups is 1. The van der Waals surface area contributed by atoms with Gasteiger partial charge in [-0.15, -0.1) is 0 Å². The van der Waals surface area contributed by atoms with E-state index in [-0.39, 0.29) is 5.56 Å². The minimum atomic E-state index is -1.12. The van der Waals surface area contributed by atoms with E-state index in [9.17, 15) is 14.3 Å². The number of nitrogens with zero attached hydrogens (tertiary/aromatic N) is 2. The minimum absolute atomic E-state index is 0.0364. The highest BCUT2D eigenvalue weighted by Crippen LogP contribution is 2.30. The van der Waals surface area contributed by atoms with Crippen LogP contribution in [0.1, 0.15) is 56.3 Å². The third kappa shape index (κ3) is 3.93. The molecule has 2 rings (SSSR count). The molecule has 0 bridgehead atoms. The molecular weight excluding hydrogens is 271 g/mol. The Bertz CT molecular complexity index is 499. The second-order valence-electron chi connectivity index (χ2n) is 6.14. The standard InChI is InChI=1S/C16H23FN2O2/c1-11(2)7-8-19(13-5-3-4-6-13)15-14(16(20)21)9-12(17)10-18-15/h9-11,13H,3-8H2,1-2H3,(H,20,21). The number of aromatic nitrogens is 1. The van der Waals surface area contributed by atoms with Gasteiger partial charge in [-0.05, 0) is 31.2 Å². The molecule has 1 heterocycles. The van der Waals surface area contributed by atoms with Gasteiger partial charge in [0.1, 0.15) is 17.2 Å². The molecule has 0 spiro atoms. The predicted molar refractivity (Wildman–Crippen MR) is 80.2 cm³/mol. The van der Waals surface area contributed by atoms with Gasteiger partial charge < -0.3 is 10.0 Å². The Kier molecular flexibility index (Phi) is 5.15. The van der Waals surface area contributed by atoms with Crippen LogP contribution in [0.5, 0.6) is 0 Å². The fourth-order valence-corrected chi connectivity index (χ4v) is 2.89. The average molecular weight is 294 g/mol. The second kappa shape index (κ2) is 6.87. The van der Waals surface area contributed by atoms with Gasteiger partial charge in [0.05, 0.1) is 6.20 Å². The molecule has 0 amide bonds. The van der Waals surface area contributed by atoms with Crippen LogP contribution in [0.15, 0.2) is 12.3 Å². The van der Waals surface area contributed by atoms with Gasteiger partial charge in [0.2, 0.25) is 0 Å². The highest BCUT2D eigenvalue weighted by atomic mass is 19.1. The summed E-state index contributed by atoms with van der Waals surface area (Å²) in [5.41, 5.74) is -0.0364. The Morgan fingerprint density at radius 3 is 2.71 bits per heavy atom. The van der Waals surface area contributed by atoms with Crippen molar-refractivity contribution in [1.82, 2.24) is 4.98 Å². The van der Waals surface area contributed by atoms with Crippen LogP contribution in [-0.4, -0.2) is 28.6 Å². The summed E-state index contributed by atoms with van der Waals surface area (Å²) in [6, 6.07) is 1.39. The van der Waals surface area contributed by atoms with E-state index in [4.69, 9.17) is 0 Å². The summed E-state index contributed by atoms with van der Waals surface area (Å²) in [6.07, 6.45) is 6.50. The molecule has 1 aromatic rings. The fourth-order valence-electron chi connectivity index (χ4n) is 2.89. The molecule has 1 aliphatic rings. The summed E-state index contributed by atoms with van der Waals surface area (Å²) in [7, 11) is 0. The first-order valence-corrected chi connectivity index (χ1v) is 7.64. The Balaban J connectivity index is 2.32. The molecule has 21 heavy (non-hydrogen) atoms. The molecule has 0 aliphatic heterocycles. The van der Waals surface area contributed by atoms with Crippen molar-refractivity contribution in [3.05, 3.63) is 23.6 Å². The monoisotopic (exact) mass is 294 g/mol. The number of pyridine rings is 1. The summed E-state index contributed by atoms with van der Waals surface area (Å²) >= 11 is 0. The number of aromatic carboxylic acids is 1. The Hall–Kier alpha value is -1.65. The average Bonchev–Trinajstić information content (AvgIpc) is 2.93. The van der Waals surface area contributed by atoms with Gasteiger partial charge in [-0.3, -0.25) is 0 Å². The quantitative estimate of drug-likeness (QED) is 0.869. The SMILES string of the molecule is CC(C)CCN(c1ncc(F)cc1C(=O)O)C1CCCC1. The zero-order chi connectivity index (χ0) is 15.4. The van der Waals surface area contributed by atoms with E-state index in [0.29, 0.717) is 17.8 Å². The normalized spacial score (nSPS) is 15.6. The molecule has 0 radical (unpaired) electrons. The molecule has 1 saturated carbocycles. The van der Waals surface area contributed by atoms with Crippen molar-refractivity contribution in [2.45, 2.75) is 52.0 Å². The van der Waals surface area contributed by atoms with Crippen LogP contribution in [0.2, 0.25) is 0 Å². The number of hydrogen-bond acceptors (Lipinski definition) is 3. The highest BCUT2D eigenvalue weighted by molar-refractivity contribution is 5.93. The summed E-state index contributed by atoms with van der Waals surface area (Å²) in [5, 5.41) is 9.33. The number of carboxylic acids is 1. The van der Waals surface area contributed by atoms with Gasteiger partial charge in [0.15, 0.2) is 0 Å². The topological polar surface area (TPSA) is 53.4 Å². The van der Waals surface area contributed by atoms with E-state index in [1.165, 1.54) is 0 Å².